The first kappa shape index (κ1) is 57.4. The van der Waals surface area contributed by atoms with Crippen molar-refractivity contribution in [3.05, 3.63) is 122 Å². The number of unbranched alkanes of at least 4 members (excludes halogenated alkanes) is 7. The van der Waals surface area contributed by atoms with Crippen LogP contribution in [0.5, 0.6) is 0 Å². The summed E-state index contributed by atoms with van der Waals surface area (Å²) in [6, 6.07) is -1.49. The highest BCUT2D eigenvalue weighted by Gasteiger charge is 2.27. The second-order valence-electron chi connectivity index (χ2n) is 14.4. The maximum atomic E-state index is 12.7. The third kappa shape index (κ3) is 44.2. The summed E-state index contributed by atoms with van der Waals surface area (Å²) in [6.07, 6.45) is 61.1. The Morgan fingerprint density at radius 2 is 0.902 bits per heavy atom. The van der Waals surface area contributed by atoms with Gasteiger partial charge in [0.2, 0.25) is 0 Å². The van der Waals surface area contributed by atoms with E-state index in [-0.39, 0.29) is 13.0 Å². The fourth-order valence-electron chi connectivity index (χ4n) is 5.30. The number of hydrogen-bond donors (Lipinski definition) is 3. The van der Waals surface area contributed by atoms with E-state index in [0.29, 0.717) is 13.0 Å². The Morgan fingerprint density at radius 3 is 1.33 bits per heavy atom. The molecule has 0 fully saturated rings. The molecule has 0 aliphatic carbocycles. The second-order valence-corrected chi connectivity index (χ2v) is 15.9. The van der Waals surface area contributed by atoms with Crippen LogP contribution in [0.4, 0.5) is 0 Å². The Morgan fingerprint density at radius 1 is 0.525 bits per heavy atom. The molecule has 0 saturated heterocycles. The van der Waals surface area contributed by atoms with E-state index in [2.05, 4.69) is 135 Å². The van der Waals surface area contributed by atoms with E-state index in [1.165, 1.54) is 0 Å². The van der Waals surface area contributed by atoms with E-state index in [9.17, 15) is 19.0 Å². The van der Waals surface area contributed by atoms with Crippen molar-refractivity contribution in [1.29, 1.82) is 0 Å². The summed E-state index contributed by atoms with van der Waals surface area (Å²) in [7, 11) is -4.65. The summed E-state index contributed by atoms with van der Waals surface area (Å²) in [6.45, 7) is 3.51. The molecule has 11 heteroatoms. The molecular formula is C50H80NO9P. The molecule has 0 bridgehead atoms. The standard InChI is InChI=1S/C50H80NO9P/c1-3-5-7-9-11-13-15-17-19-21-22-23-24-25-26-27-28-30-32-34-36-38-40-42-49(52)60-47(45-58-61(55,56)59-46-48(51)50(53)54)44-57-43-41-39-37-35-33-31-29-20-18-16-14-12-10-8-6-4-2/h5-8,11-14,17-20,22-23,25-26,28,30-31,33,47-48H,3-4,9-10,15-16,21,24,27,29,32,34-46,51H2,1-2H3,(H,53,54)(H,55,56)/b7-5-,8-6-,13-11-,14-12-,19-17-,20-18-,23-22-,26-25-,30-28-,33-31-. The zero-order chi connectivity index (χ0) is 44.8. The van der Waals surface area contributed by atoms with Gasteiger partial charge < -0.3 is 25.2 Å². The van der Waals surface area contributed by atoms with Gasteiger partial charge in [-0.3, -0.25) is 18.6 Å². The predicted molar refractivity (Wildman–Crippen MR) is 253 cm³/mol. The minimum absolute atomic E-state index is 0.0246. The van der Waals surface area contributed by atoms with Crippen molar-refractivity contribution in [1.82, 2.24) is 0 Å². The smallest absolute Gasteiger partial charge is 0.472 e. The van der Waals surface area contributed by atoms with Crippen molar-refractivity contribution in [3.63, 3.8) is 0 Å². The summed E-state index contributed by atoms with van der Waals surface area (Å²) in [5.41, 5.74) is 5.35. The van der Waals surface area contributed by atoms with E-state index in [4.69, 9.17) is 29.4 Å². The summed E-state index contributed by atoms with van der Waals surface area (Å²) >= 11 is 0. The first-order chi connectivity index (χ1) is 29.7. The summed E-state index contributed by atoms with van der Waals surface area (Å²) in [5, 5.41) is 8.91. The molecule has 0 aromatic rings. The number of carbonyl (C=O) groups excluding carboxylic acids is 1. The first-order valence-electron chi connectivity index (χ1n) is 22.6. The van der Waals surface area contributed by atoms with Gasteiger partial charge in [0.05, 0.1) is 19.8 Å². The number of allylic oxidation sites excluding steroid dienone is 20. The number of carboxylic acid groups (broad SMARTS) is 1. The number of rotatable bonds is 41. The Hall–Kier alpha value is -3.63. The number of hydrogen-bond acceptors (Lipinski definition) is 8. The van der Waals surface area contributed by atoms with Crippen LogP contribution >= 0.6 is 7.82 Å². The number of nitrogens with two attached hydrogens (primary N) is 1. The average Bonchev–Trinajstić information content (AvgIpc) is 3.24. The maximum absolute atomic E-state index is 12.7. The lowest BCUT2D eigenvalue weighted by atomic mass is 10.1. The topological polar surface area (TPSA) is 155 Å². The molecule has 0 aliphatic rings. The summed E-state index contributed by atoms with van der Waals surface area (Å²) in [5.74, 6) is -1.83. The molecule has 0 heterocycles. The van der Waals surface area contributed by atoms with Gasteiger partial charge in [0.25, 0.3) is 0 Å². The van der Waals surface area contributed by atoms with Crippen LogP contribution in [0.3, 0.4) is 0 Å². The van der Waals surface area contributed by atoms with Crippen LogP contribution in [0, 0.1) is 0 Å². The van der Waals surface area contributed by atoms with Gasteiger partial charge in [0, 0.05) is 13.0 Å². The second kappa shape index (κ2) is 44.4. The Bertz CT molecular complexity index is 1420. The molecule has 0 radical (unpaired) electrons. The number of carboxylic acids is 1. The SMILES string of the molecule is CC/C=C\C/C=C\C/C=C\C/C=C\C/C=C\C/C=C\CCCCCCC(=O)OC(COCCCCC/C=C\C/C=C\C/C=C\C/C=C\CC)COP(=O)(O)OCC(N)C(=O)O. The van der Waals surface area contributed by atoms with Gasteiger partial charge in [-0.25, -0.2) is 4.57 Å². The van der Waals surface area contributed by atoms with Gasteiger partial charge in [-0.2, -0.15) is 0 Å². The van der Waals surface area contributed by atoms with Gasteiger partial charge in [-0.1, -0.05) is 155 Å². The number of phosphoric ester groups is 1. The minimum Gasteiger partial charge on any atom is -0.480 e. The van der Waals surface area contributed by atoms with Crippen LogP contribution in [0.2, 0.25) is 0 Å². The molecule has 0 aromatic carbocycles. The number of carbonyl (C=O) groups is 2. The Labute approximate surface area is 369 Å². The van der Waals surface area contributed by atoms with E-state index in [1.54, 1.807) is 0 Å². The van der Waals surface area contributed by atoms with Crippen LogP contribution in [0.1, 0.15) is 142 Å². The number of ether oxygens (including phenoxy) is 2. The van der Waals surface area contributed by atoms with Gasteiger partial charge in [0.15, 0.2) is 0 Å². The van der Waals surface area contributed by atoms with Crippen LogP contribution < -0.4 is 5.73 Å². The summed E-state index contributed by atoms with van der Waals surface area (Å²) in [4.78, 5) is 33.6. The average molecular weight is 870 g/mol. The molecule has 10 nitrogen and oxygen atoms in total. The van der Waals surface area contributed by atoms with E-state index >= 15 is 0 Å². The first-order valence-corrected chi connectivity index (χ1v) is 24.1. The lowest BCUT2D eigenvalue weighted by Crippen LogP contribution is -2.34. The molecule has 0 rings (SSSR count). The van der Waals surface area contributed by atoms with Crippen LogP contribution in [-0.4, -0.2) is 60.5 Å². The lowest BCUT2D eigenvalue weighted by molar-refractivity contribution is -0.154. The molecule has 3 atom stereocenters. The molecular weight excluding hydrogens is 790 g/mol. The third-order valence-corrected chi connectivity index (χ3v) is 9.69. The van der Waals surface area contributed by atoms with Crippen LogP contribution in [0.15, 0.2) is 122 Å². The summed E-state index contributed by atoms with van der Waals surface area (Å²) < 4.78 is 33.3. The highest BCUT2D eigenvalue weighted by Crippen LogP contribution is 2.43. The highest BCUT2D eigenvalue weighted by atomic mass is 31.2. The molecule has 61 heavy (non-hydrogen) atoms. The lowest BCUT2D eigenvalue weighted by Gasteiger charge is -2.20. The molecule has 3 unspecified atom stereocenters. The third-order valence-electron chi connectivity index (χ3n) is 8.74. The van der Waals surface area contributed by atoms with Crippen molar-refractivity contribution in [2.45, 2.75) is 154 Å². The van der Waals surface area contributed by atoms with E-state index in [1.807, 2.05) is 0 Å². The zero-order valence-electron chi connectivity index (χ0n) is 37.4. The van der Waals surface area contributed by atoms with Gasteiger partial charge in [0.1, 0.15) is 12.1 Å². The number of aliphatic carboxylic acids is 1. The van der Waals surface area contributed by atoms with Gasteiger partial charge in [-0.15, -0.1) is 0 Å². The Kier molecular flexibility index (Phi) is 41.8. The fraction of sp³-hybridized carbons (Fsp3) is 0.560. The van der Waals surface area contributed by atoms with Crippen molar-refractivity contribution < 1.29 is 42.7 Å². The monoisotopic (exact) mass is 870 g/mol. The highest BCUT2D eigenvalue weighted by molar-refractivity contribution is 7.47. The van der Waals surface area contributed by atoms with E-state index < -0.39 is 45.1 Å². The van der Waals surface area contributed by atoms with Crippen LogP contribution in [0.25, 0.3) is 0 Å². The zero-order valence-corrected chi connectivity index (χ0v) is 38.3. The normalized spacial score (nSPS) is 15.0. The van der Waals surface area contributed by atoms with Crippen molar-refractivity contribution >= 4 is 19.8 Å². The van der Waals surface area contributed by atoms with E-state index in [0.717, 1.165) is 116 Å². The quantitative estimate of drug-likeness (QED) is 0.0234. The Balaban J connectivity index is 4.36. The van der Waals surface area contributed by atoms with Gasteiger partial charge >= 0.3 is 19.8 Å². The number of esters is 1. The number of phosphoric acid groups is 1. The molecule has 0 saturated carbocycles. The van der Waals surface area contributed by atoms with Crippen molar-refractivity contribution in [3.8, 4) is 0 Å². The predicted octanol–water partition coefficient (Wildman–Crippen LogP) is 12.9. The fourth-order valence-corrected chi connectivity index (χ4v) is 6.08. The molecule has 4 N–H and O–H groups in total. The van der Waals surface area contributed by atoms with Crippen molar-refractivity contribution in [2.24, 2.45) is 5.73 Å². The molecule has 0 aromatic heterocycles. The molecule has 0 amide bonds. The van der Waals surface area contributed by atoms with Crippen LogP contribution in [-0.2, 0) is 32.7 Å². The molecule has 0 aliphatic heterocycles. The minimum atomic E-state index is -4.65. The molecule has 344 valence electrons. The van der Waals surface area contributed by atoms with Crippen molar-refractivity contribution in [2.75, 3.05) is 26.4 Å². The van der Waals surface area contributed by atoms with Gasteiger partial charge in [-0.05, 0) is 103 Å². The largest absolute Gasteiger partial charge is 0.480 e. The maximum Gasteiger partial charge on any atom is 0.472 e. The molecule has 0 spiro atoms.